The summed E-state index contributed by atoms with van der Waals surface area (Å²) in [4.78, 5) is 18.4. The quantitative estimate of drug-likeness (QED) is 0.667. The normalized spacial score (nSPS) is 17.8. The summed E-state index contributed by atoms with van der Waals surface area (Å²) in [7, 11) is 0. The van der Waals surface area contributed by atoms with Crippen LogP contribution in [0, 0.1) is 0 Å². The molecule has 1 saturated heterocycles. The standard InChI is InChI=1S/C25H35N3O2S/c1-4-27(5-2)20-12-10-19(11-13-20)24(28-14-16-30-17-15-28)23-21-8-6-7-9-22(21)31-25(23)26-18(3)29/h10-13,24H,4-9,14-17H2,1-3H3,(H,26,29). The maximum atomic E-state index is 12.1. The first-order chi connectivity index (χ1) is 15.1. The van der Waals surface area contributed by atoms with E-state index in [0.717, 1.165) is 57.2 Å². The lowest BCUT2D eigenvalue weighted by Crippen LogP contribution is -2.40. The van der Waals surface area contributed by atoms with Crippen molar-refractivity contribution in [3.8, 4) is 0 Å². The summed E-state index contributed by atoms with van der Waals surface area (Å²) >= 11 is 1.79. The minimum Gasteiger partial charge on any atom is -0.379 e. The second kappa shape index (κ2) is 10.2. The van der Waals surface area contributed by atoms with Crippen molar-refractivity contribution in [2.45, 2.75) is 52.5 Å². The zero-order valence-electron chi connectivity index (χ0n) is 19.1. The minimum absolute atomic E-state index is 0.0115. The molecule has 0 bridgehead atoms. The van der Waals surface area contributed by atoms with Crippen LogP contribution in [0.25, 0.3) is 0 Å². The van der Waals surface area contributed by atoms with E-state index in [1.807, 2.05) is 0 Å². The summed E-state index contributed by atoms with van der Waals surface area (Å²) in [5.41, 5.74) is 5.37. The van der Waals surface area contributed by atoms with Crippen molar-refractivity contribution in [3.05, 3.63) is 45.8 Å². The summed E-state index contributed by atoms with van der Waals surface area (Å²) in [5.74, 6) is 0.0115. The Hall–Kier alpha value is -1.89. The van der Waals surface area contributed by atoms with Gasteiger partial charge in [-0.25, -0.2) is 0 Å². The van der Waals surface area contributed by atoms with E-state index >= 15 is 0 Å². The average molecular weight is 442 g/mol. The lowest BCUT2D eigenvalue weighted by Gasteiger charge is -2.36. The van der Waals surface area contributed by atoms with Gasteiger partial charge in [0.25, 0.3) is 0 Å². The minimum atomic E-state index is 0.0115. The van der Waals surface area contributed by atoms with Gasteiger partial charge in [-0.2, -0.15) is 0 Å². The van der Waals surface area contributed by atoms with Crippen LogP contribution in [0.1, 0.15) is 61.2 Å². The first kappa shape index (κ1) is 22.3. The summed E-state index contributed by atoms with van der Waals surface area (Å²) in [6, 6.07) is 9.24. The van der Waals surface area contributed by atoms with Gasteiger partial charge in [-0.15, -0.1) is 11.3 Å². The smallest absolute Gasteiger partial charge is 0.221 e. The number of ether oxygens (including phenoxy) is 1. The number of thiophene rings is 1. The lowest BCUT2D eigenvalue weighted by atomic mass is 9.88. The number of nitrogens with one attached hydrogen (secondary N) is 1. The molecule has 1 amide bonds. The molecule has 2 heterocycles. The average Bonchev–Trinajstić information content (AvgIpc) is 3.14. The molecule has 168 valence electrons. The van der Waals surface area contributed by atoms with E-state index in [-0.39, 0.29) is 11.9 Å². The molecule has 1 aromatic carbocycles. The van der Waals surface area contributed by atoms with Crippen molar-refractivity contribution in [3.63, 3.8) is 0 Å². The van der Waals surface area contributed by atoms with E-state index in [4.69, 9.17) is 4.74 Å². The molecule has 1 unspecified atom stereocenters. The molecule has 1 aliphatic carbocycles. The monoisotopic (exact) mass is 441 g/mol. The molecule has 2 aliphatic rings. The highest BCUT2D eigenvalue weighted by atomic mass is 32.1. The van der Waals surface area contributed by atoms with Gasteiger partial charge in [0.05, 0.1) is 19.3 Å². The SMILES string of the molecule is CCN(CC)c1ccc(C(c2c(NC(C)=O)sc3c2CCCC3)N2CCOCC2)cc1. The summed E-state index contributed by atoms with van der Waals surface area (Å²) in [5, 5.41) is 4.23. The van der Waals surface area contributed by atoms with Gasteiger partial charge < -0.3 is 15.0 Å². The van der Waals surface area contributed by atoms with Gasteiger partial charge in [0, 0.05) is 49.2 Å². The third-order valence-electron chi connectivity index (χ3n) is 6.52. The fourth-order valence-electron chi connectivity index (χ4n) is 4.98. The van der Waals surface area contributed by atoms with Crippen molar-refractivity contribution >= 4 is 27.9 Å². The third-order valence-corrected chi connectivity index (χ3v) is 7.75. The maximum Gasteiger partial charge on any atom is 0.221 e. The van der Waals surface area contributed by atoms with E-state index in [1.165, 1.54) is 40.1 Å². The molecule has 4 rings (SSSR count). The number of hydrogen-bond acceptors (Lipinski definition) is 5. The van der Waals surface area contributed by atoms with E-state index in [0.29, 0.717) is 0 Å². The van der Waals surface area contributed by atoms with Crippen LogP contribution in [-0.4, -0.2) is 50.2 Å². The lowest BCUT2D eigenvalue weighted by molar-refractivity contribution is -0.114. The van der Waals surface area contributed by atoms with E-state index in [1.54, 1.807) is 18.3 Å². The van der Waals surface area contributed by atoms with Crippen LogP contribution in [0.5, 0.6) is 0 Å². The molecular formula is C25H35N3O2S. The first-order valence-corrected chi connectivity index (χ1v) is 12.5. The molecule has 0 spiro atoms. The number of anilines is 2. The van der Waals surface area contributed by atoms with Crippen molar-refractivity contribution < 1.29 is 9.53 Å². The van der Waals surface area contributed by atoms with Crippen LogP contribution in [0.3, 0.4) is 0 Å². The highest BCUT2D eigenvalue weighted by Gasteiger charge is 2.32. The Morgan fingerprint density at radius 2 is 1.81 bits per heavy atom. The second-order valence-electron chi connectivity index (χ2n) is 8.45. The summed E-state index contributed by atoms with van der Waals surface area (Å²) in [6.07, 6.45) is 4.71. The number of carbonyl (C=O) groups excluding carboxylic acids is 1. The largest absolute Gasteiger partial charge is 0.379 e. The summed E-state index contributed by atoms with van der Waals surface area (Å²) in [6.45, 7) is 11.4. The Balaban J connectivity index is 1.79. The molecule has 0 saturated carbocycles. The molecule has 1 atom stereocenters. The Kier molecular flexibility index (Phi) is 7.31. The Labute approximate surface area is 190 Å². The highest BCUT2D eigenvalue weighted by molar-refractivity contribution is 7.16. The van der Waals surface area contributed by atoms with Crippen LogP contribution < -0.4 is 10.2 Å². The van der Waals surface area contributed by atoms with Gasteiger partial charge >= 0.3 is 0 Å². The van der Waals surface area contributed by atoms with Gasteiger partial charge in [-0.1, -0.05) is 12.1 Å². The van der Waals surface area contributed by atoms with Gasteiger partial charge in [-0.05, 0) is 62.8 Å². The van der Waals surface area contributed by atoms with Crippen molar-refractivity contribution in [2.24, 2.45) is 0 Å². The van der Waals surface area contributed by atoms with Crippen LogP contribution in [0.15, 0.2) is 24.3 Å². The molecular weight excluding hydrogens is 406 g/mol. The van der Waals surface area contributed by atoms with Gasteiger partial charge in [0.15, 0.2) is 0 Å². The first-order valence-electron chi connectivity index (χ1n) is 11.7. The molecule has 1 fully saturated rings. The maximum absolute atomic E-state index is 12.1. The van der Waals surface area contributed by atoms with Crippen LogP contribution in [-0.2, 0) is 22.4 Å². The van der Waals surface area contributed by atoms with Crippen LogP contribution >= 0.6 is 11.3 Å². The summed E-state index contributed by atoms with van der Waals surface area (Å²) < 4.78 is 5.67. The number of benzene rings is 1. The predicted molar refractivity (Wildman–Crippen MR) is 130 cm³/mol. The number of nitrogens with zero attached hydrogens (tertiary/aromatic N) is 2. The van der Waals surface area contributed by atoms with Crippen LogP contribution in [0.2, 0.25) is 0 Å². The molecule has 6 heteroatoms. The van der Waals surface area contributed by atoms with E-state index in [9.17, 15) is 4.79 Å². The number of hydrogen-bond donors (Lipinski definition) is 1. The van der Waals surface area contributed by atoms with Crippen LogP contribution in [0.4, 0.5) is 10.7 Å². The molecule has 2 aromatic rings. The van der Waals surface area contributed by atoms with Crippen molar-refractivity contribution in [1.82, 2.24) is 4.90 Å². The number of amides is 1. The van der Waals surface area contributed by atoms with Gasteiger partial charge in [0.2, 0.25) is 5.91 Å². The van der Waals surface area contributed by atoms with Gasteiger partial charge in [-0.3, -0.25) is 9.69 Å². The second-order valence-corrected chi connectivity index (χ2v) is 9.55. The fourth-order valence-corrected chi connectivity index (χ4v) is 6.35. The number of morpholine rings is 1. The predicted octanol–water partition coefficient (Wildman–Crippen LogP) is 4.85. The Bertz CT molecular complexity index is 883. The van der Waals surface area contributed by atoms with Crippen molar-refractivity contribution in [2.75, 3.05) is 49.6 Å². The number of rotatable bonds is 7. The molecule has 1 aliphatic heterocycles. The Morgan fingerprint density at radius 1 is 1.13 bits per heavy atom. The van der Waals surface area contributed by atoms with Gasteiger partial charge in [0.1, 0.15) is 5.00 Å². The topological polar surface area (TPSA) is 44.8 Å². The number of fused-ring (bicyclic) bond motifs is 1. The fraction of sp³-hybridized carbons (Fsp3) is 0.560. The third kappa shape index (κ3) is 4.81. The Morgan fingerprint density at radius 3 is 2.45 bits per heavy atom. The van der Waals surface area contributed by atoms with Crippen molar-refractivity contribution in [1.29, 1.82) is 0 Å². The molecule has 0 radical (unpaired) electrons. The number of aryl methyl sites for hydroxylation is 1. The molecule has 1 aromatic heterocycles. The van der Waals surface area contributed by atoms with E-state index in [2.05, 4.69) is 53.2 Å². The van der Waals surface area contributed by atoms with E-state index < -0.39 is 0 Å². The zero-order chi connectivity index (χ0) is 21.8. The highest BCUT2D eigenvalue weighted by Crippen LogP contribution is 2.45. The molecule has 5 nitrogen and oxygen atoms in total. The number of carbonyl (C=O) groups is 1. The molecule has 31 heavy (non-hydrogen) atoms. The zero-order valence-corrected chi connectivity index (χ0v) is 19.9. The molecule has 1 N–H and O–H groups in total.